The van der Waals surface area contributed by atoms with Crippen molar-refractivity contribution in [2.24, 2.45) is 0 Å². The van der Waals surface area contributed by atoms with E-state index in [-0.39, 0.29) is 6.61 Å². The topological polar surface area (TPSA) is 89.4 Å². The van der Waals surface area contributed by atoms with Gasteiger partial charge in [-0.15, -0.1) is 0 Å². The van der Waals surface area contributed by atoms with E-state index in [9.17, 15) is 0 Å². The Kier molecular flexibility index (Phi) is 7.32. The minimum absolute atomic E-state index is 0.146. The zero-order chi connectivity index (χ0) is 18.9. The van der Waals surface area contributed by atoms with Crippen LogP contribution in [0.5, 0.6) is 0 Å². The van der Waals surface area contributed by atoms with Gasteiger partial charge in [0.05, 0.1) is 5.69 Å². The molecule has 8 nitrogen and oxygen atoms in total. The highest BCUT2D eigenvalue weighted by molar-refractivity contribution is 5.63. The van der Waals surface area contributed by atoms with Crippen molar-refractivity contribution < 1.29 is 5.11 Å². The Hall–Kier alpha value is -2.29. The second-order valence-corrected chi connectivity index (χ2v) is 6.77. The number of pyridine rings is 1. The molecule has 3 heterocycles. The summed E-state index contributed by atoms with van der Waals surface area (Å²) in [6.07, 6.45) is 4.18. The van der Waals surface area contributed by atoms with Gasteiger partial charge in [-0.05, 0) is 25.6 Å². The van der Waals surface area contributed by atoms with Gasteiger partial charge in [0.1, 0.15) is 5.82 Å². The zero-order valence-electron chi connectivity index (χ0n) is 15.9. The molecule has 0 radical (unpaired) electrons. The van der Waals surface area contributed by atoms with Crippen molar-refractivity contribution in [2.75, 3.05) is 70.1 Å². The van der Waals surface area contributed by atoms with Crippen molar-refractivity contribution in [2.45, 2.75) is 6.42 Å². The van der Waals surface area contributed by atoms with Gasteiger partial charge in [-0.2, -0.15) is 4.98 Å². The van der Waals surface area contributed by atoms with Crippen LogP contribution in [0.2, 0.25) is 0 Å². The maximum atomic E-state index is 8.98. The number of aromatic nitrogens is 3. The van der Waals surface area contributed by atoms with Crippen LogP contribution in [0, 0.1) is 0 Å². The molecule has 0 unspecified atom stereocenters. The molecule has 1 saturated heterocycles. The fourth-order valence-electron chi connectivity index (χ4n) is 2.98. The summed E-state index contributed by atoms with van der Waals surface area (Å²) < 4.78 is 0. The Morgan fingerprint density at radius 2 is 1.81 bits per heavy atom. The molecular formula is C19H29N7O. The van der Waals surface area contributed by atoms with E-state index in [1.807, 2.05) is 18.2 Å². The van der Waals surface area contributed by atoms with Crippen LogP contribution in [0.4, 0.5) is 11.8 Å². The van der Waals surface area contributed by atoms with Gasteiger partial charge >= 0.3 is 0 Å². The van der Waals surface area contributed by atoms with E-state index in [1.54, 1.807) is 12.4 Å². The van der Waals surface area contributed by atoms with E-state index in [2.05, 4.69) is 42.4 Å². The van der Waals surface area contributed by atoms with Gasteiger partial charge in [-0.1, -0.05) is 0 Å². The first-order chi connectivity index (χ1) is 13.2. The van der Waals surface area contributed by atoms with Gasteiger partial charge in [0.25, 0.3) is 0 Å². The normalized spacial score (nSPS) is 15.6. The molecule has 1 fully saturated rings. The van der Waals surface area contributed by atoms with E-state index in [4.69, 9.17) is 5.11 Å². The molecule has 3 rings (SSSR count). The summed E-state index contributed by atoms with van der Waals surface area (Å²) in [6.45, 7) is 7.08. The first-order valence-electron chi connectivity index (χ1n) is 9.53. The largest absolute Gasteiger partial charge is 0.396 e. The quantitative estimate of drug-likeness (QED) is 0.563. The molecule has 0 amide bonds. The Labute approximate surface area is 160 Å². The average molecular weight is 371 g/mol. The van der Waals surface area contributed by atoms with Crippen LogP contribution in [-0.4, -0.2) is 89.3 Å². The van der Waals surface area contributed by atoms with Crippen LogP contribution in [0.25, 0.3) is 11.3 Å². The fraction of sp³-hybridized carbons (Fsp3) is 0.526. The van der Waals surface area contributed by atoms with Crippen molar-refractivity contribution in [1.29, 1.82) is 0 Å². The number of nitrogens with zero attached hydrogens (tertiary/aromatic N) is 5. The summed E-state index contributed by atoms with van der Waals surface area (Å²) in [4.78, 5) is 18.1. The lowest BCUT2D eigenvalue weighted by atomic mass is 10.2. The summed E-state index contributed by atoms with van der Waals surface area (Å²) in [7, 11) is 2.17. The predicted octanol–water partition coefficient (Wildman–Crippen LogP) is 0.992. The van der Waals surface area contributed by atoms with Crippen LogP contribution in [0.3, 0.4) is 0 Å². The number of hydrogen-bond acceptors (Lipinski definition) is 8. The molecule has 27 heavy (non-hydrogen) atoms. The molecule has 0 saturated carbocycles. The smallest absolute Gasteiger partial charge is 0.225 e. The SMILES string of the molecule is CN1CCN(CCNc2cc(-c3ccncc3)nc(NCCCO)n2)CC1. The molecule has 0 atom stereocenters. The van der Waals surface area contributed by atoms with Crippen molar-refractivity contribution in [1.82, 2.24) is 24.8 Å². The minimum Gasteiger partial charge on any atom is -0.396 e. The monoisotopic (exact) mass is 371 g/mol. The first-order valence-corrected chi connectivity index (χ1v) is 9.53. The highest BCUT2D eigenvalue weighted by Crippen LogP contribution is 2.20. The van der Waals surface area contributed by atoms with Gasteiger partial charge in [-0.25, -0.2) is 4.98 Å². The zero-order valence-corrected chi connectivity index (χ0v) is 15.9. The number of aliphatic hydroxyl groups excluding tert-OH is 1. The molecule has 1 aliphatic heterocycles. The molecular weight excluding hydrogens is 342 g/mol. The Morgan fingerprint density at radius 3 is 2.56 bits per heavy atom. The predicted molar refractivity (Wildman–Crippen MR) is 108 cm³/mol. The number of piperazine rings is 1. The molecule has 8 heteroatoms. The summed E-state index contributed by atoms with van der Waals surface area (Å²) in [5.41, 5.74) is 1.85. The van der Waals surface area contributed by atoms with Gasteiger partial charge in [-0.3, -0.25) is 9.88 Å². The summed E-state index contributed by atoms with van der Waals surface area (Å²) in [5, 5.41) is 15.6. The second kappa shape index (κ2) is 10.1. The van der Waals surface area contributed by atoms with Gasteiger partial charge in [0, 0.05) is 76.4 Å². The first kappa shape index (κ1) is 19.5. The maximum Gasteiger partial charge on any atom is 0.225 e. The summed E-state index contributed by atoms with van der Waals surface area (Å²) >= 11 is 0. The van der Waals surface area contributed by atoms with Crippen molar-refractivity contribution in [3.8, 4) is 11.3 Å². The fourth-order valence-corrected chi connectivity index (χ4v) is 2.98. The third-order valence-corrected chi connectivity index (χ3v) is 4.65. The molecule has 146 valence electrons. The lowest BCUT2D eigenvalue weighted by Crippen LogP contribution is -2.45. The van der Waals surface area contributed by atoms with Gasteiger partial charge in [0.2, 0.25) is 5.95 Å². The summed E-state index contributed by atoms with van der Waals surface area (Å²) in [5.74, 6) is 1.37. The van der Waals surface area contributed by atoms with E-state index in [1.165, 1.54) is 0 Å². The Morgan fingerprint density at radius 1 is 1.04 bits per heavy atom. The number of likely N-dealkylation sites (N-methyl/N-ethyl adjacent to an activating group) is 1. The van der Waals surface area contributed by atoms with Crippen molar-refractivity contribution >= 4 is 11.8 Å². The van der Waals surface area contributed by atoms with Gasteiger partial charge < -0.3 is 20.6 Å². The van der Waals surface area contributed by atoms with Crippen LogP contribution >= 0.6 is 0 Å². The molecule has 3 N–H and O–H groups in total. The second-order valence-electron chi connectivity index (χ2n) is 6.77. The Bertz CT molecular complexity index is 690. The van der Waals surface area contributed by atoms with E-state index in [0.717, 1.165) is 56.3 Å². The van der Waals surface area contributed by atoms with Crippen LogP contribution in [0.15, 0.2) is 30.6 Å². The third-order valence-electron chi connectivity index (χ3n) is 4.65. The molecule has 2 aromatic heterocycles. The average Bonchev–Trinajstić information content (AvgIpc) is 2.70. The van der Waals surface area contributed by atoms with E-state index >= 15 is 0 Å². The van der Waals surface area contributed by atoms with Crippen LogP contribution in [0.1, 0.15) is 6.42 Å². The third kappa shape index (κ3) is 6.13. The number of aliphatic hydroxyl groups is 1. The molecule has 1 aliphatic rings. The molecule has 0 bridgehead atoms. The van der Waals surface area contributed by atoms with E-state index < -0.39 is 0 Å². The Balaban J connectivity index is 1.64. The highest BCUT2D eigenvalue weighted by Gasteiger charge is 2.13. The lowest BCUT2D eigenvalue weighted by molar-refractivity contribution is 0.158. The standard InChI is InChI=1S/C19H29N7O/c1-25-10-12-26(13-11-25)9-8-21-18-15-17(16-3-6-20-7-4-16)23-19(24-18)22-5-2-14-27/h3-4,6-7,15,27H,2,5,8-14H2,1H3,(H2,21,22,23,24). The van der Waals surface area contributed by atoms with Gasteiger partial charge in [0.15, 0.2) is 0 Å². The number of nitrogens with one attached hydrogen (secondary N) is 2. The molecule has 0 aliphatic carbocycles. The summed E-state index contributed by atoms with van der Waals surface area (Å²) in [6, 6.07) is 5.85. The van der Waals surface area contributed by atoms with E-state index in [0.29, 0.717) is 18.9 Å². The molecule has 0 aromatic carbocycles. The number of rotatable bonds is 9. The highest BCUT2D eigenvalue weighted by atomic mass is 16.3. The minimum atomic E-state index is 0.146. The number of anilines is 2. The number of hydrogen-bond donors (Lipinski definition) is 3. The van der Waals surface area contributed by atoms with Crippen molar-refractivity contribution in [3.63, 3.8) is 0 Å². The molecule has 0 spiro atoms. The van der Waals surface area contributed by atoms with Crippen LogP contribution in [-0.2, 0) is 0 Å². The maximum absolute atomic E-state index is 8.98. The lowest BCUT2D eigenvalue weighted by Gasteiger charge is -2.32. The van der Waals surface area contributed by atoms with Crippen molar-refractivity contribution in [3.05, 3.63) is 30.6 Å². The molecule has 2 aromatic rings. The van der Waals surface area contributed by atoms with Crippen LogP contribution < -0.4 is 10.6 Å².